The molecule has 1 amide bonds. The number of benzene rings is 1. The van der Waals surface area contributed by atoms with Gasteiger partial charge in [0.25, 0.3) is 0 Å². The minimum atomic E-state index is -3.74. The van der Waals surface area contributed by atoms with Crippen molar-refractivity contribution >= 4 is 15.7 Å². The molecule has 10 heteroatoms. The van der Waals surface area contributed by atoms with E-state index in [-0.39, 0.29) is 29.3 Å². The molecular weight excluding hydrogens is 434 g/mol. The van der Waals surface area contributed by atoms with Crippen LogP contribution in [0.25, 0.3) is 0 Å². The van der Waals surface area contributed by atoms with Gasteiger partial charge in [0.2, 0.25) is 20.9 Å². The maximum absolute atomic E-state index is 13.2. The Morgan fingerprint density at radius 2 is 1.94 bits per heavy atom. The van der Waals surface area contributed by atoms with Gasteiger partial charge in [-0.25, -0.2) is 13.4 Å². The number of hydrogen-bond donors (Lipinski definition) is 0. The number of hydrogen-bond acceptors (Lipinski definition) is 7. The molecule has 1 saturated carbocycles. The number of imidazole rings is 1. The highest BCUT2D eigenvalue weighted by Crippen LogP contribution is 2.31. The van der Waals surface area contributed by atoms with E-state index in [4.69, 9.17) is 14.2 Å². The minimum absolute atomic E-state index is 0.0297. The summed E-state index contributed by atoms with van der Waals surface area (Å²) in [4.78, 5) is 18.7. The van der Waals surface area contributed by atoms with Crippen molar-refractivity contribution in [1.29, 1.82) is 0 Å². The van der Waals surface area contributed by atoms with Crippen LogP contribution in [0.3, 0.4) is 0 Å². The van der Waals surface area contributed by atoms with Crippen LogP contribution >= 0.6 is 0 Å². The molecule has 0 aliphatic heterocycles. The van der Waals surface area contributed by atoms with E-state index < -0.39 is 9.84 Å². The summed E-state index contributed by atoms with van der Waals surface area (Å²) in [5.41, 5.74) is 1.26. The van der Waals surface area contributed by atoms with E-state index in [0.717, 1.165) is 12.8 Å². The molecule has 0 spiro atoms. The number of amides is 1. The topological polar surface area (TPSA) is 100.0 Å². The Hall–Kier alpha value is -2.43. The van der Waals surface area contributed by atoms with Crippen molar-refractivity contribution in [3.8, 4) is 5.75 Å². The fourth-order valence-electron chi connectivity index (χ4n) is 3.49. The second-order valence-corrected chi connectivity index (χ2v) is 9.70. The second kappa shape index (κ2) is 10.9. The number of rotatable bonds is 13. The first-order chi connectivity index (χ1) is 15.4. The molecule has 3 rings (SSSR count). The predicted molar refractivity (Wildman–Crippen MR) is 118 cm³/mol. The van der Waals surface area contributed by atoms with Crippen molar-refractivity contribution in [3.05, 3.63) is 41.7 Å². The molecular formula is C22H31N3O6S. The highest BCUT2D eigenvalue weighted by Gasteiger charge is 2.34. The van der Waals surface area contributed by atoms with Crippen LogP contribution in [0, 0.1) is 5.92 Å². The third kappa shape index (κ3) is 6.08. The molecule has 32 heavy (non-hydrogen) atoms. The standard InChI is InChI=1S/C22H31N3O6S/c1-29-11-9-24(21(26)18-7-8-18)15-19-14-23-22(25(19)10-12-30-2)32(27,28)16-17-5-4-6-20(13-17)31-3/h4-6,13-14,18H,7-12,15-16H2,1-3H3. The maximum Gasteiger partial charge on any atom is 0.228 e. The fraction of sp³-hybridized carbons (Fsp3) is 0.545. The van der Waals surface area contributed by atoms with Crippen molar-refractivity contribution < 1.29 is 27.4 Å². The Balaban J connectivity index is 1.88. The smallest absolute Gasteiger partial charge is 0.228 e. The third-order valence-corrected chi connectivity index (χ3v) is 6.94. The minimum Gasteiger partial charge on any atom is -0.497 e. The lowest BCUT2D eigenvalue weighted by Crippen LogP contribution is -2.35. The largest absolute Gasteiger partial charge is 0.497 e. The van der Waals surface area contributed by atoms with Crippen molar-refractivity contribution in [2.24, 2.45) is 5.92 Å². The van der Waals surface area contributed by atoms with E-state index in [1.165, 1.54) is 13.3 Å². The Morgan fingerprint density at radius 3 is 2.59 bits per heavy atom. The van der Waals surface area contributed by atoms with Gasteiger partial charge in [-0.05, 0) is 30.5 Å². The lowest BCUT2D eigenvalue weighted by Gasteiger charge is -2.23. The normalized spacial score (nSPS) is 13.8. The van der Waals surface area contributed by atoms with Gasteiger partial charge in [-0.2, -0.15) is 0 Å². The number of carbonyl (C=O) groups is 1. The first kappa shape index (κ1) is 24.2. The number of methoxy groups -OCH3 is 3. The highest BCUT2D eigenvalue weighted by molar-refractivity contribution is 7.90. The van der Waals surface area contributed by atoms with Crippen molar-refractivity contribution in [3.63, 3.8) is 0 Å². The van der Waals surface area contributed by atoms with Gasteiger partial charge in [-0.1, -0.05) is 12.1 Å². The average molecular weight is 466 g/mol. The van der Waals surface area contributed by atoms with E-state index >= 15 is 0 Å². The van der Waals surface area contributed by atoms with Gasteiger partial charge in [-0.15, -0.1) is 0 Å². The van der Waals surface area contributed by atoms with Crippen LogP contribution in [0.2, 0.25) is 0 Å². The van der Waals surface area contributed by atoms with E-state index in [1.54, 1.807) is 48.0 Å². The molecule has 9 nitrogen and oxygen atoms in total. The van der Waals surface area contributed by atoms with Gasteiger partial charge in [-0.3, -0.25) is 4.79 Å². The quantitative estimate of drug-likeness (QED) is 0.445. The monoisotopic (exact) mass is 465 g/mol. The molecule has 176 valence electrons. The van der Waals surface area contributed by atoms with Gasteiger partial charge >= 0.3 is 0 Å². The third-order valence-electron chi connectivity index (χ3n) is 5.35. The Kier molecular flexibility index (Phi) is 8.27. The Morgan fingerprint density at radius 1 is 1.19 bits per heavy atom. The van der Waals surface area contributed by atoms with Crippen molar-refractivity contribution in [2.75, 3.05) is 41.1 Å². The van der Waals surface area contributed by atoms with Crippen molar-refractivity contribution in [2.45, 2.75) is 36.8 Å². The first-order valence-corrected chi connectivity index (χ1v) is 12.2. The van der Waals surface area contributed by atoms with Crippen LogP contribution in [0.15, 0.2) is 35.6 Å². The predicted octanol–water partition coefficient (Wildman–Crippen LogP) is 1.90. The van der Waals surface area contributed by atoms with Gasteiger partial charge < -0.3 is 23.7 Å². The molecule has 0 unspecified atom stereocenters. The molecule has 0 bridgehead atoms. The van der Waals surface area contributed by atoms with E-state index in [1.807, 2.05) is 0 Å². The second-order valence-electron chi connectivity index (χ2n) is 7.81. The van der Waals surface area contributed by atoms with Gasteiger partial charge in [0, 0.05) is 33.2 Å². The summed E-state index contributed by atoms with van der Waals surface area (Å²) in [5.74, 6) is 0.511. The van der Waals surface area contributed by atoms with Crippen LogP contribution < -0.4 is 4.74 Å². The summed E-state index contributed by atoms with van der Waals surface area (Å²) in [6.07, 6.45) is 3.32. The SMILES string of the molecule is COCCN(Cc1cnc(S(=O)(=O)Cc2cccc(OC)c2)n1CCOC)C(=O)C1CC1. The fourth-order valence-corrected chi connectivity index (χ4v) is 4.99. The lowest BCUT2D eigenvalue weighted by atomic mass is 10.2. The van der Waals surface area contributed by atoms with Crippen LogP contribution in [-0.4, -0.2) is 69.9 Å². The zero-order valence-electron chi connectivity index (χ0n) is 18.8. The van der Waals surface area contributed by atoms with Crippen molar-refractivity contribution in [1.82, 2.24) is 14.5 Å². The Labute approximate surface area is 189 Å². The molecule has 0 saturated heterocycles. The zero-order valence-corrected chi connectivity index (χ0v) is 19.6. The first-order valence-electron chi connectivity index (χ1n) is 10.6. The summed E-state index contributed by atoms with van der Waals surface area (Å²) in [6, 6.07) is 6.95. The molecule has 0 radical (unpaired) electrons. The summed E-state index contributed by atoms with van der Waals surface area (Å²) in [6.45, 7) is 1.75. The molecule has 1 fully saturated rings. The van der Waals surface area contributed by atoms with E-state index in [0.29, 0.717) is 43.3 Å². The Bertz CT molecular complexity index is 1020. The summed E-state index contributed by atoms with van der Waals surface area (Å²) < 4.78 is 43.7. The summed E-state index contributed by atoms with van der Waals surface area (Å²) >= 11 is 0. The average Bonchev–Trinajstić information content (AvgIpc) is 3.55. The number of ether oxygens (including phenoxy) is 3. The number of nitrogens with zero attached hydrogens (tertiary/aromatic N) is 3. The van der Waals surface area contributed by atoms with Gasteiger partial charge in [0.15, 0.2) is 0 Å². The zero-order chi connectivity index (χ0) is 23.1. The molecule has 1 aromatic carbocycles. The molecule has 0 atom stereocenters. The summed E-state index contributed by atoms with van der Waals surface area (Å²) in [7, 11) is 0.942. The van der Waals surface area contributed by atoms with Gasteiger partial charge in [0.05, 0.1) is 44.5 Å². The molecule has 1 aromatic heterocycles. The van der Waals surface area contributed by atoms with Crippen LogP contribution in [0.5, 0.6) is 5.75 Å². The number of carbonyl (C=O) groups excluding carboxylic acids is 1. The maximum atomic E-state index is 13.2. The van der Waals surface area contributed by atoms with Crippen LogP contribution in [-0.2, 0) is 42.9 Å². The van der Waals surface area contributed by atoms with E-state index in [9.17, 15) is 13.2 Å². The highest BCUT2D eigenvalue weighted by atomic mass is 32.2. The molecule has 2 aromatic rings. The van der Waals surface area contributed by atoms with E-state index in [2.05, 4.69) is 4.98 Å². The summed E-state index contributed by atoms with van der Waals surface area (Å²) in [5, 5.41) is -0.0297. The molecule has 0 N–H and O–H groups in total. The van der Waals surface area contributed by atoms with Crippen LogP contribution in [0.1, 0.15) is 24.1 Å². The molecule has 1 aliphatic carbocycles. The lowest BCUT2D eigenvalue weighted by molar-refractivity contribution is -0.133. The van der Waals surface area contributed by atoms with Crippen LogP contribution in [0.4, 0.5) is 0 Å². The van der Waals surface area contributed by atoms with Gasteiger partial charge in [0.1, 0.15) is 5.75 Å². The number of aromatic nitrogens is 2. The molecule has 1 aliphatic rings. The number of sulfone groups is 1. The molecule has 1 heterocycles.